The number of hydrogen-bond acceptors (Lipinski definition) is 5. The number of aliphatic hydroxyl groups is 1. The Balaban J connectivity index is 2.95. The number of allylic oxidation sites excluding steroid dienone is 1. The number of methoxy groups -OCH3 is 1. The van der Waals surface area contributed by atoms with Crippen LogP contribution in [-0.2, 0) is 25.5 Å². The Bertz CT molecular complexity index is 759. The molecule has 0 bridgehead atoms. The highest BCUT2D eigenvalue weighted by Crippen LogP contribution is 2.34. The van der Waals surface area contributed by atoms with Crippen LogP contribution in [0, 0.1) is 17.3 Å². The first-order valence-electron chi connectivity index (χ1n) is 10.1. The molecular weight excluding hydrogens is 448 g/mol. The van der Waals surface area contributed by atoms with E-state index in [-0.39, 0.29) is 17.5 Å². The van der Waals surface area contributed by atoms with E-state index in [9.17, 15) is 14.7 Å². The molecule has 0 heterocycles. The number of aliphatic hydroxyl groups excluding tert-OH is 1. The van der Waals surface area contributed by atoms with Gasteiger partial charge in [0.15, 0.2) is 5.78 Å². The highest BCUT2D eigenvalue weighted by Gasteiger charge is 2.40. The van der Waals surface area contributed by atoms with Gasteiger partial charge in [0.2, 0.25) is 0 Å². The lowest BCUT2D eigenvalue weighted by molar-refractivity contribution is -0.148. The number of carbonyl (C=O) groups is 2. The number of halogens is 1. The van der Waals surface area contributed by atoms with Gasteiger partial charge in [-0.2, -0.15) is 0 Å². The van der Waals surface area contributed by atoms with E-state index in [1.807, 2.05) is 31.2 Å². The molecule has 0 aliphatic heterocycles. The summed E-state index contributed by atoms with van der Waals surface area (Å²) in [5, 5.41) is 10.8. The van der Waals surface area contributed by atoms with Gasteiger partial charge in [0.1, 0.15) is 11.4 Å². The van der Waals surface area contributed by atoms with Crippen LogP contribution in [0.4, 0.5) is 0 Å². The van der Waals surface area contributed by atoms with Crippen molar-refractivity contribution in [3.05, 3.63) is 46.1 Å². The summed E-state index contributed by atoms with van der Waals surface area (Å²) in [4.78, 5) is 25.4. The van der Waals surface area contributed by atoms with Crippen LogP contribution in [0.1, 0.15) is 54.0 Å². The van der Waals surface area contributed by atoms with E-state index < -0.39 is 29.0 Å². The number of ketones is 1. The molecule has 0 unspecified atom stereocenters. The minimum absolute atomic E-state index is 0.123. The maximum Gasteiger partial charge on any atom is 0.334 e. The lowest BCUT2D eigenvalue weighted by atomic mass is 9.75. The van der Waals surface area contributed by atoms with Crippen LogP contribution >= 0.6 is 15.9 Å². The maximum absolute atomic E-state index is 13.2. The minimum Gasteiger partial charge on any atom is -0.500 e. The molecule has 6 heteroatoms. The molecule has 0 amide bonds. The van der Waals surface area contributed by atoms with Gasteiger partial charge in [-0.25, -0.2) is 4.79 Å². The Labute approximate surface area is 189 Å². The SMILES string of the molecule is CO/C(=C\C(=O)OC(C)(C)C)C(C)(C)C(=O)[C@H](C)[C@@H](O)[C@@H](C)Cc1ccc(Br)cc1. The second kappa shape index (κ2) is 10.6. The zero-order valence-corrected chi connectivity index (χ0v) is 20.9. The van der Waals surface area contributed by atoms with E-state index >= 15 is 0 Å². The fourth-order valence-electron chi connectivity index (χ4n) is 3.38. The Morgan fingerprint density at radius 1 is 1.10 bits per heavy atom. The minimum atomic E-state index is -1.09. The summed E-state index contributed by atoms with van der Waals surface area (Å²) in [5.41, 5.74) is -0.651. The summed E-state index contributed by atoms with van der Waals surface area (Å²) >= 11 is 3.41. The molecule has 0 radical (unpaired) electrons. The lowest BCUT2D eigenvalue weighted by Crippen LogP contribution is -2.40. The van der Waals surface area contributed by atoms with Crippen LogP contribution in [-0.4, -0.2) is 35.7 Å². The summed E-state index contributed by atoms with van der Waals surface area (Å²) < 4.78 is 11.7. The van der Waals surface area contributed by atoms with Gasteiger partial charge >= 0.3 is 5.97 Å². The third-order valence-electron chi connectivity index (χ3n) is 5.09. The molecule has 1 rings (SSSR count). The van der Waals surface area contributed by atoms with Gasteiger partial charge in [0.05, 0.1) is 24.7 Å². The molecule has 5 nitrogen and oxygen atoms in total. The number of rotatable bonds is 9. The molecule has 1 aromatic carbocycles. The smallest absolute Gasteiger partial charge is 0.334 e. The van der Waals surface area contributed by atoms with Crippen molar-refractivity contribution in [1.82, 2.24) is 0 Å². The fraction of sp³-hybridized carbons (Fsp3) is 0.583. The molecule has 0 aliphatic rings. The molecule has 1 aromatic rings. The predicted octanol–water partition coefficient (Wildman–Crippen LogP) is 5.09. The Hall–Kier alpha value is -1.66. The quantitative estimate of drug-likeness (QED) is 0.301. The highest BCUT2D eigenvalue weighted by atomic mass is 79.9. The monoisotopic (exact) mass is 482 g/mol. The normalized spacial score (nSPS) is 15.9. The molecule has 168 valence electrons. The molecule has 0 saturated carbocycles. The van der Waals surface area contributed by atoms with Crippen molar-refractivity contribution in [2.24, 2.45) is 17.3 Å². The molecule has 0 spiro atoms. The third-order valence-corrected chi connectivity index (χ3v) is 5.62. The lowest BCUT2D eigenvalue weighted by Gasteiger charge is -2.32. The summed E-state index contributed by atoms with van der Waals surface area (Å²) in [7, 11) is 1.42. The van der Waals surface area contributed by atoms with Crippen LogP contribution in [0.3, 0.4) is 0 Å². The molecule has 3 atom stereocenters. The standard InChI is InChI=1S/C24H35BrO5/c1-15(13-17-9-11-18(25)12-10-17)21(27)16(2)22(28)24(6,7)19(29-8)14-20(26)30-23(3,4)5/h9-12,14-16,21,27H,13H2,1-8H3/b19-14-/t15-,16+,21-/m0/s1. The van der Waals surface area contributed by atoms with E-state index in [1.165, 1.54) is 13.2 Å². The number of benzene rings is 1. The van der Waals surface area contributed by atoms with Crippen LogP contribution in [0.5, 0.6) is 0 Å². The average Bonchev–Trinajstić information content (AvgIpc) is 2.64. The Morgan fingerprint density at radius 2 is 1.63 bits per heavy atom. The van der Waals surface area contributed by atoms with Crippen molar-refractivity contribution in [2.45, 2.75) is 66.6 Å². The number of ether oxygens (including phenoxy) is 2. The number of carbonyl (C=O) groups excluding carboxylic acids is 2. The highest BCUT2D eigenvalue weighted by molar-refractivity contribution is 9.10. The summed E-state index contributed by atoms with van der Waals surface area (Å²) in [6.07, 6.45) is 1.03. The van der Waals surface area contributed by atoms with Crippen molar-refractivity contribution in [3.63, 3.8) is 0 Å². The van der Waals surface area contributed by atoms with E-state index in [2.05, 4.69) is 15.9 Å². The van der Waals surface area contributed by atoms with Crippen molar-refractivity contribution in [3.8, 4) is 0 Å². The molecule has 30 heavy (non-hydrogen) atoms. The maximum atomic E-state index is 13.2. The zero-order valence-electron chi connectivity index (χ0n) is 19.3. The van der Waals surface area contributed by atoms with Crippen LogP contribution in [0.2, 0.25) is 0 Å². The third kappa shape index (κ3) is 7.55. The van der Waals surface area contributed by atoms with E-state index in [4.69, 9.17) is 9.47 Å². The van der Waals surface area contributed by atoms with E-state index in [0.717, 1.165) is 10.0 Å². The van der Waals surface area contributed by atoms with Gasteiger partial charge < -0.3 is 14.6 Å². The van der Waals surface area contributed by atoms with Gasteiger partial charge in [0, 0.05) is 10.4 Å². The van der Waals surface area contributed by atoms with Gasteiger partial charge in [-0.15, -0.1) is 0 Å². The van der Waals surface area contributed by atoms with Gasteiger partial charge in [-0.3, -0.25) is 4.79 Å². The predicted molar refractivity (Wildman–Crippen MR) is 122 cm³/mol. The number of Topliss-reactive ketones (excluding diaryl/α,β-unsaturated/α-hetero) is 1. The Morgan fingerprint density at radius 3 is 2.10 bits per heavy atom. The molecule has 0 fully saturated rings. The topological polar surface area (TPSA) is 72.8 Å². The average molecular weight is 483 g/mol. The van der Waals surface area contributed by atoms with Gasteiger partial charge in [-0.05, 0) is 64.7 Å². The largest absolute Gasteiger partial charge is 0.500 e. The van der Waals surface area contributed by atoms with Crippen LogP contribution in [0.15, 0.2) is 40.6 Å². The second-order valence-electron chi connectivity index (χ2n) is 9.32. The molecule has 0 aromatic heterocycles. The summed E-state index contributed by atoms with van der Waals surface area (Å²) in [6, 6.07) is 7.91. The van der Waals surface area contributed by atoms with Crippen LogP contribution < -0.4 is 0 Å². The van der Waals surface area contributed by atoms with E-state index in [0.29, 0.717) is 6.42 Å². The summed E-state index contributed by atoms with van der Waals surface area (Å²) in [5.74, 6) is -1.32. The van der Waals surface area contributed by atoms with Crippen molar-refractivity contribution >= 4 is 27.7 Å². The molecule has 1 N–H and O–H groups in total. The number of esters is 1. The zero-order chi connectivity index (χ0) is 23.3. The first-order valence-corrected chi connectivity index (χ1v) is 10.9. The second-order valence-corrected chi connectivity index (χ2v) is 10.2. The molecular formula is C24H35BrO5. The van der Waals surface area contributed by atoms with Gasteiger partial charge in [0.25, 0.3) is 0 Å². The summed E-state index contributed by atoms with van der Waals surface area (Å²) in [6.45, 7) is 12.3. The molecule has 0 aliphatic carbocycles. The number of hydrogen-bond donors (Lipinski definition) is 1. The molecule has 0 saturated heterocycles. The first kappa shape index (κ1) is 26.4. The van der Waals surface area contributed by atoms with Crippen molar-refractivity contribution < 1.29 is 24.2 Å². The first-order chi connectivity index (χ1) is 13.7. The Kier molecular flexibility index (Phi) is 9.30. The van der Waals surface area contributed by atoms with Crippen molar-refractivity contribution in [1.29, 1.82) is 0 Å². The van der Waals surface area contributed by atoms with Crippen molar-refractivity contribution in [2.75, 3.05) is 7.11 Å². The van der Waals surface area contributed by atoms with E-state index in [1.54, 1.807) is 41.5 Å². The van der Waals surface area contributed by atoms with Crippen LogP contribution in [0.25, 0.3) is 0 Å². The fourth-order valence-corrected chi connectivity index (χ4v) is 3.65. The van der Waals surface area contributed by atoms with Gasteiger partial charge in [-0.1, -0.05) is 41.9 Å².